The lowest BCUT2D eigenvalue weighted by molar-refractivity contribution is -0.138. The number of methoxy groups -OCH3 is 3. The van der Waals surface area contributed by atoms with Gasteiger partial charge in [0.25, 0.3) is 0 Å². The van der Waals surface area contributed by atoms with E-state index in [1.165, 1.54) is 12.1 Å². The van der Waals surface area contributed by atoms with Crippen molar-refractivity contribution in [2.24, 2.45) is 0 Å². The first-order chi connectivity index (χ1) is 45.4. The van der Waals surface area contributed by atoms with Gasteiger partial charge in [-0.25, -0.2) is 19.6 Å². The van der Waals surface area contributed by atoms with Crippen LogP contribution in [-0.2, 0) is 78.3 Å². The van der Waals surface area contributed by atoms with Gasteiger partial charge >= 0.3 is 17.9 Å². The molecule has 93 heavy (non-hydrogen) atoms. The van der Waals surface area contributed by atoms with Crippen molar-refractivity contribution in [2.75, 3.05) is 209 Å². The summed E-state index contributed by atoms with van der Waals surface area (Å²) >= 11 is 0. The van der Waals surface area contributed by atoms with Crippen molar-refractivity contribution in [3.63, 3.8) is 0 Å². The van der Waals surface area contributed by atoms with Crippen molar-refractivity contribution in [1.29, 1.82) is 0 Å². The van der Waals surface area contributed by atoms with Crippen LogP contribution >= 0.6 is 0 Å². The van der Waals surface area contributed by atoms with Crippen LogP contribution in [0.25, 0.3) is 0 Å². The Labute approximate surface area is 545 Å². The molecule has 1 aliphatic heterocycles. The van der Waals surface area contributed by atoms with Crippen molar-refractivity contribution in [3.05, 3.63) is 147 Å². The summed E-state index contributed by atoms with van der Waals surface area (Å²) < 4.78 is 54.8. The van der Waals surface area contributed by atoms with Gasteiger partial charge in [0, 0.05) is 133 Å². The molecule has 2 bridgehead atoms. The van der Waals surface area contributed by atoms with Crippen LogP contribution in [-0.4, -0.2) is 267 Å². The number of aliphatic hydroxyl groups is 1. The highest BCUT2D eigenvalue weighted by Gasteiger charge is 2.21. The zero-order chi connectivity index (χ0) is 66.1. The topological polar surface area (TPSA) is 279 Å². The lowest BCUT2D eigenvalue weighted by atomic mass is 10.1. The number of aromatic carboxylic acids is 2. The van der Waals surface area contributed by atoms with Gasteiger partial charge < -0.3 is 77.6 Å². The fraction of sp³-hybridized carbons (Fsp3) is 0.500. The molecule has 4 N–H and O–H groups in total. The number of carboxylic acids is 3. The number of anilines is 2. The maximum atomic E-state index is 12.6. The molecule has 504 valence electrons. The third-order valence-corrected chi connectivity index (χ3v) is 14.3. The Morgan fingerprint density at radius 3 is 1.18 bits per heavy atom. The Kier molecular flexibility index (Phi) is 35.4. The Balaban J connectivity index is 1.19. The first-order valence-electron chi connectivity index (χ1n) is 31.1. The summed E-state index contributed by atoms with van der Waals surface area (Å²) in [4.78, 5) is 61.8. The molecule has 0 saturated heterocycles. The number of pyridine rings is 3. The summed E-state index contributed by atoms with van der Waals surface area (Å²) in [5.74, 6) is 9.31. The van der Waals surface area contributed by atoms with Gasteiger partial charge in [-0.3, -0.25) is 24.5 Å². The zero-order valence-corrected chi connectivity index (χ0v) is 53.8. The molecular weight excluding hydrogens is 1200 g/mol. The van der Waals surface area contributed by atoms with Crippen LogP contribution in [0.2, 0.25) is 0 Å². The summed E-state index contributed by atoms with van der Waals surface area (Å²) in [5, 5.41) is 39.8. The minimum atomic E-state index is -1.22. The second-order valence-electron chi connectivity index (χ2n) is 21.3. The number of hydrogen-bond donors (Lipinski definition) is 4. The number of carbonyl (C=O) groups is 3. The number of ether oxygens (including phenoxy) is 10. The fourth-order valence-electron chi connectivity index (χ4n) is 9.58. The van der Waals surface area contributed by atoms with Gasteiger partial charge in [0.1, 0.15) is 11.4 Å². The molecule has 0 spiro atoms. The normalized spacial score (nSPS) is 13.1. The molecule has 6 rings (SSSR count). The summed E-state index contributed by atoms with van der Waals surface area (Å²) in [6.07, 6.45) is 0. The van der Waals surface area contributed by atoms with E-state index < -0.39 is 17.9 Å². The van der Waals surface area contributed by atoms with Gasteiger partial charge in [-0.15, -0.1) is 0 Å². The number of hydrogen-bond acceptors (Lipinski definition) is 22. The monoisotopic (exact) mass is 1290 g/mol. The minimum Gasteiger partial charge on any atom is -0.480 e. The van der Waals surface area contributed by atoms with E-state index >= 15 is 0 Å². The van der Waals surface area contributed by atoms with Gasteiger partial charge in [0.05, 0.1) is 148 Å². The van der Waals surface area contributed by atoms with Gasteiger partial charge in [0.2, 0.25) is 0 Å². The number of carboxylic acid groups (broad SMARTS) is 3. The molecule has 25 nitrogen and oxygen atoms in total. The second kappa shape index (κ2) is 44.1. The molecule has 0 saturated carbocycles. The van der Waals surface area contributed by atoms with E-state index in [1.54, 1.807) is 33.5 Å². The molecule has 2 aromatic carbocycles. The summed E-state index contributed by atoms with van der Waals surface area (Å²) in [6, 6.07) is 27.5. The number of benzene rings is 2. The maximum absolute atomic E-state index is 12.6. The lowest BCUT2D eigenvalue weighted by Crippen LogP contribution is -2.41. The zero-order valence-electron chi connectivity index (χ0n) is 53.8. The van der Waals surface area contributed by atoms with Crippen molar-refractivity contribution < 1.29 is 82.2 Å². The van der Waals surface area contributed by atoms with Crippen LogP contribution in [0.4, 0.5) is 11.4 Å². The molecular formula is C68H90N8O17. The second-order valence-corrected chi connectivity index (χ2v) is 21.3. The SMILES string of the molecule is COCCOCCOCCN(CCOCCO)c1ccc(C#Cc2cc(CN3CCN(Cc4cc(C#Cc5ccc(N(CCOCCOCCOC)CCOCCOCCOC)cc5)cc(C(=O)O)n4)CCN(CC(=O)O)Cc4cccc(n4)C3)nc(C(=O)O)c2)cc1. The molecule has 4 heterocycles. The molecule has 0 amide bonds. The lowest BCUT2D eigenvalue weighted by Gasteiger charge is -2.30. The average molecular weight is 1290 g/mol. The third kappa shape index (κ3) is 30.0. The quantitative estimate of drug-likeness (QED) is 0.0316. The molecule has 25 heteroatoms. The average Bonchev–Trinajstić information content (AvgIpc) is 1.19. The number of nitrogens with zero attached hydrogens (tertiary/aromatic N) is 8. The van der Waals surface area contributed by atoms with Crippen LogP contribution in [0.15, 0.2) is 91.0 Å². The van der Waals surface area contributed by atoms with E-state index in [0.29, 0.717) is 210 Å². The first-order valence-corrected chi connectivity index (χ1v) is 31.1. The number of aliphatic carboxylic acids is 1. The molecule has 5 aromatic rings. The van der Waals surface area contributed by atoms with E-state index in [2.05, 4.69) is 53.2 Å². The van der Waals surface area contributed by atoms with E-state index in [0.717, 1.165) is 11.4 Å². The van der Waals surface area contributed by atoms with E-state index in [4.69, 9.17) is 52.4 Å². The van der Waals surface area contributed by atoms with Crippen LogP contribution in [0.1, 0.15) is 66.0 Å². The van der Waals surface area contributed by atoms with Gasteiger partial charge in [0.15, 0.2) is 0 Å². The maximum Gasteiger partial charge on any atom is 0.354 e. The predicted molar refractivity (Wildman–Crippen MR) is 347 cm³/mol. The van der Waals surface area contributed by atoms with Crippen molar-refractivity contribution in [1.82, 2.24) is 29.7 Å². The Hall–Kier alpha value is -7.54. The molecule has 0 unspecified atom stereocenters. The van der Waals surface area contributed by atoms with E-state index in [-0.39, 0.29) is 50.8 Å². The van der Waals surface area contributed by atoms with E-state index in [1.807, 2.05) is 71.6 Å². The summed E-state index contributed by atoms with van der Waals surface area (Å²) in [6.45, 7) is 12.3. The predicted octanol–water partition coefficient (Wildman–Crippen LogP) is 4.13. The molecule has 0 radical (unpaired) electrons. The van der Waals surface area contributed by atoms with Crippen molar-refractivity contribution in [2.45, 2.75) is 26.2 Å². The van der Waals surface area contributed by atoms with E-state index in [9.17, 15) is 34.8 Å². The highest BCUT2D eigenvalue weighted by atomic mass is 16.6. The first kappa shape index (κ1) is 74.5. The number of rotatable bonds is 42. The standard InChI is InChI=1S/C68H90N8O17/c1-84-33-36-91-42-39-88-29-24-75(23-28-87-32-27-77)62-15-11-55(12-16-62)8-10-57-46-61(71-65(48-57)68(82)83)52-73-21-19-72(20-22-74(53-66(78)79)50-59-6-4-5-58(49-73)69-59)51-60-45-56(47-64(70-60)67(80)81)9-7-54-13-17-63(18-14-54)76(25-30-89-40-43-92-37-34-85-2)26-31-90-41-44-93-38-35-86-3/h4-6,11-18,45-48,77H,19-44,49-53H2,1-3H3,(H,78,79)(H,80,81)(H,82,83). The Bertz CT molecular complexity index is 3100. The summed E-state index contributed by atoms with van der Waals surface area (Å²) in [5.41, 5.74) is 6.12. The highest BCUT2D eigenvalue weighted by Crippen LogP contribution is 2.20. The summed E-state index contributed by atoms with van der Waals surface area (Å²) in [7, 11) is 4.88. The van der Waals surface area contributed by atoms with Gasteiger partial charge in [-0.1, -0.05) is 29.7 Å². The number of aliphatic hydroxyl groups excluding tert-OH is 1. The fourth-order valence-corrected chi connectivity index (χ4v) is 9.58. The third-order valence-electron chi connectivity index (χ3n) is 14.3. The largest absolute Gasteiger partial charge is 0.480 e. The van der Waals surface area contributed by atoms with Crippen LogP contribution in [0.3, 0.4) is 0 Å². The smallest absolute Gasteiger partial charge is 0.354 e. The van der Waals surface area contributed by atoms with Gasteiger partial charge in [-0.2, -0.15) is 0 Å². The minimum absolute atomic E-state index is 0.0710. The van der Waals surface area contributed by atoms with Crippen molar-refractivity contribution in [3.8, 4) is 23.7 Å². The number of aromatic nitrogens is 3. The molecule has 0 atom stereocenters. The highest BCUT2D eigenvalue weighted by molar-refractivity contribution is 5.86. The van der Waals surface area contributed by atoms with Crippen molar-refractivity contribution >= 4 is 29.3 Å². The van der Waals surface area contributed by atoms with Crippen LogP contribution < -0.4 is 9.80 Å². The number of fused-ring (bicyclic) bond motifs is 2. The Morgan fingerprint density at radius 1 is 0.430 bits per heavy atom. The van der Waals surface area contributed by atoms with Crippen LogP contribution in [0, 0.1) is 23.7 Å². The molecule has 0 fully saturated rings. The molecule has 1 aliphatic rings. The Morgan fingerprint density at radius 2 is 0.785 bits per heavy atom. The van der Waals surface area contributed by atoms with Gasteiger partial charge in [-0.05, 0) is 84.9 Å². The molecule has 3 aromatic heterocycles. The molecule has 0 aliphatic carbocycles. The van der Waals surface area contributed by atoms with Crippen LogP contribution in [0.5, 0.6) is 0 Å².